The molecule has 5 heteroatoms. The topological polar surface area (TPSA) is 70.8 Å². The molecule has 0 spiro atoms. The fourth-order valence-electron chi connectivity index (χ4n) is 1.71. The third-order valence-electron chi connectivity index (χ3n) is 2.73. The molecule has 5 nitrogen and oxygen atoms in total. The van der Waals surface area contributed by atoms with Crippen molar-refractivity contribution in [1.29, 1.82) is 0 Å². The lowest BCUT2D eigenvalue weighted by molar-refractivity contribution is -0.143. The first-order valence-electron chi connectivity index (χ1n) is 5.83. The number of carboxylic acid groups (broad SMARTS) is 1. The van der Waals surface area contributed by atoms with Crippen molar-refractivity contribution in [3.63, 3.8) is 0 Å². The van der Waals surface area contributed by atoms with Crippen molar-refractivity contribution in [3.8, 4) is 0 Å². The van der Waals surface area contributed by atoms with E-state index in [1.807, 2.05) is 6.92 Å². The van der Waals surface area contributed by atoms with Crippen LogP contribution in [-0.2, 0) is 9.59 Å². The Hall–Kier alpha value is -2.04. The Bertz CT molecular complexity index is 485. The Morgan fingerprint density at radius 1 is 1.50 bits per heavy atom. The van der Waals surface area contributed by atoms with Crippen LogP contribution in [0.2, 0.25) is 0 Å². The van der Waals surface area contributed by atoms with Gasteiger partial charge in [0.25, 0.3) is 0 Å². The second-order valence-corrected chi connectivity index (χ2v) is 4.37. The number of carbonyl (C=O) groups excluding carboxylic acids is 1. The molecule has 18 heavy (non-hydrogen) atoms. The highest BCUT2D eigenvalue weighted by Crippen LogP contribution is 2.26. The highest BCUT2D eigenvalue weighted by Gasteiger charge is 2.32. The van der Waals surface area contributed by atoms with E-state index in [1.165, 1.54) is 11.0 Å². The minimum absolute atomic E-state index is 0.0802. The summed E-state index contributed by atoms with van der Waals surface area (Å²) in [6.07, 6.45) is 4.69. The monoisotopic (exact) mass is 249 g/mol. The molecule has 1 heterocycles. The molecular weight excluding hydrogens is 234 g/mol. The summed E-state index contributed by atoms with van der Waals surface area (Å²) in [4.78, 5) is 23.9. The molecule has 0 aliphatic heterocycles. The van der Waals surface area contributed by atoms with Gasteiger partial charge in [-0.1, -0.05) is 0 Å². The standard InChI is InChI=1S/C13H15NO4/c1-9-2-5-11(18-9)6-7-12(15)14(8-13(16)17)10-3-4-10/h2,5-7,10H,3-4,8H2,1H3,(H,16,17)/b7-6+. The Kier molecular flexibility index (Phi) is 3.50. The minimum atomic E-state index is -0.988. The second-order valence-electron chi connectivity index (χ2n) is 4.37. The summed E-state index contributed by atoms with van der Waals surface area (Å²) in [5.41, 5.74) is 0. The number of aliphatic carboxylic acids is 1. The number of hydrogen-bond acceptors (Lipinski definition) is 3. The zero-order chi connectivity index (χ0) is 13.1. The molecule has 1 N–H and O–H groups in total. The van der Waals surface area contributed by atoms with Gasteiger partial charge in [0.2, 0.25) is 5.91 Å². The summed E-state index contributed by atoms with van der Waals surface area (Å²) in [5, 5.41) is 8.76. The molecule has 0 radical (unpaired) electrons. The summed E-state index contributed by atoms with van der Waals surface area (Å²) in [7, 11) is 0. The van der Waals surface area contributed by atoms with Crippen LogP contribution in [-0.4, -0.2) is 34.5 Å². The Morgan fingerprint density at radius 2 is 2.22 bits per heavy atom. The van der Waals surface area contributed by atoms with Crippen molar-refractivity contribution < 1.29 is 19.1 Å². The van der Waals surface area contributed by atoms with Gasteiger partial charge in [0.05, 0.1) is 0 Å². The fraction of sp³-hybridized carbons (Fsp3) is 0.385. The van der Waals surface area contributed by atoms with Crippen LogP contribution < -0.4 is 0 Å². The maximum absolute atomic E-state index is 11.9. The van der Waals surface area contributed by atoms with Gasteiger partial charge < -0.3 is 14.4 Å². The van der Waals surface area contributed by atoms with Crippen molar-refractivity contribution in [3.05, 3.63) is 29.7 Å². The van der Waals surface area contributed by atoms with Crippen LogP contribution in [0.15, 0.2) is 22.6 Å². The van der Waals surface area contributed by atoms with Crippen LogP contribution in [0.3, 0.4) is 0 Å². The first-order chi connectivity index (χ1) is 8.56. The van der Waals surface area contributed by atoms with Gasteiger partial charge in [-0.15, -0.1) is 0 Å². The highest BCUT2D eigenvalue weighted by molar-refractivity contribution is 5.93. The number of carboxylic acids is 1. The number of hydrogen-bond donors (Lipinski definition) is 1. The van der Waals surface area contributed by atoms with Crippen molar-refractivity contribution in [1.82, 2.24) is 4.90 Å². The Balaban J connectivity index is 2.00. The molecule has 1 aromatic rings. The van der Waals surface area contributed by atoms with Crippen molar-refractivity contribution in [2.24, 2.45) is 0 Å². The first kappa shape index (κ1) is 12.4. The number of rotatable bonds is 5. The van der Waals surface area contributed by atoms with Crippen molar-refractivity contribution >= 4 is 18.0 Å². The maximum atomic E-state index is 11.9. The average Bonchev–Trinajstić information content (AvgIpc) is 3.06. The van der Waals surface area contributed by atoms with Gasteiger partial charge in [0.15, 0.2) is 0 Å². The minimum Gasteiger partial charge on any atom is -0.480 e. The number of amides is 1. The lowest BCUT2D eigenvalue weighted by Gasteiger charge is -2.17. The van der Waals surface area contributed by atoms with Crippen LogP contribution >= 0.6 is 0 Å². The molecule has 0 atom stereocenters. The van der Waals surface area contributed by atoms with E-state index in [-0.39, 0.29) is 18.5 Å². The molecule has 1 aliphatic rings. The number of furan rings is 1. The van der Waals surface area contributed by atoms with Crippen LogP contribution in [0.4, 0.5) is 0 Å². The summed E-state index contributed by atoms with van der Waals surface area (Å²) in [6, 6.07) is 3.65. The summed E-state index contributed by atoms with van der Waals surface area (Å²) in [5.74, 6) is 0.0880. The van der Waals surface area contributed by atoms with Gasteiger partial charge in [-0.25, -0.2) is 0 Å². The quantitative estimate of drug-likeness (QED) is 0.806. The maximum Gasteiger partial charge on any atom is 0.323 e. The van der Waals surface area contributed by atoms with Gasteiger partial charge in [0.1, 0.15) is 18.1 Å². The molecule has 96 valence electrons. The molecule has 0 aromatic carbocycles. The van der Waals surface area contributed by atoms with Crippen LogP contribution in [0, 0.1) is 6.92 Å². The molecule has 0 saturated heterocycles. The number of nitrogens with zero attached hydrogens (tertiary/aromatic N) is 1. The largest absolute Gasteiger partial charge is 0.480 e. The van der Waals surface area contributed by atoms with Gasteiger partial charge in [-0.3, -0.25) is 9.59 Å². The predicted octanol–water partition coefficient (Wildman–Crippen LogP) is 1.68. The molecule has 0 unspecified atom stereocenters. The Morgan fingerprint density at radius 3 is 2.72 bits per heavy atom. The normalized spacial score (nSPS) is 14.9. The van der Waals surface area contributed by atoms with Gasteiger partial charge >= 0.3 is 5.97 Å². The van der Waals surface area contributed by atoms with Crippen LogP contribution in [0.25, 0.3) is 6.08 Å². The van der Waals surface area contributed by atoms with E-state index < -0.39 is 5.97 Å². The predicted molar refractivity (Wildman–Crippen MR) is 64.8 cm³/mol. The van der Waals surface area contributed by atoms with Crippen LogP contribution in [0.1, 0.15) is 24.4 Å². The number of aryl methyl sites for hydroxylation is 1. The summed E-state index contributed by atoms with van der Waals surface area (Å²) < 4.78 is 5.30. The lowest BCUT2D eigenvalue weighted by atomic mass is 10.3. The third kappa shape index (κ3) is 3.23. The van der Waals surface area contributed by atoms with E-state index in [0.717, 1.165) is 18.6 Å². The van der Waals surface area contributed by atoms with E-state index in [2.05, 4.69) is 0 Å². The molecule has 1 aromatic heterocycles. The van der Waals surface area contributed by atoms with Crippen molar-refractivity contribution in [2.75, 3.05) is 6.54 Å². The molecule has 0 bridgehead atoms. The zero-order valence-corrected chi connectivity index (χ0v) is 10.1. The van der Waals surface area contributed by atoms with E-state index in [0.29, 0.717) is 5.76 Å². The van der Waals surface area contributed by atoms with Gasteiger partial charge in [-0.2, -0.15) is 0 Å². The SMILES string of the molecule is Cc1ccc(/C=C/C(=O)N(CC(=O)O)C2CC2)o1. The summed E-state index contributed by atoms with van der Waals surface area (Å²) >= 11 is 0. The second kappa shape index (κ2) is 5.08. The van der Waals surface area contributed by atoms with E-state index >= 15 is 0 Å². The summed E-state index contributed by atoms with van der Waals surface area (Å²) in [6.45, 7) is 1.57. The zero-order valence-electron chi connectivity index (χ0n) is 10.1. The number of carbonyl (C=O) groups is 2. The molecule has 2 rings (SSSR count). The smallest absolute Gasteiger partial charge is 0.323 e. The molecular formula is C13H15NO4. The first-order valence-corrected chi connectivity index (χ1v) is 5.83. The van der Waals surface area contributed by atoms with Crippen molar-refractivity contribution in [2.45, 2.75) is 25.8 Å². The van der Waals surface area contributed by atoms with Gasteiger partial charge in [0, 0.05) is 12.1 Å². The molecule has 1 fully saturated rings. The lowest BCUT2D eigenvalue weighted by Crippen LogP contribution is -2.36. The third-order valence-corrected chi connectivity index (χ3v) is 2.73. The van der Waals surface area contributed by atoms with E-state index in [4.69, 9.17) is 9.52 Å². The molecule has 1 amide bonds. The average molecular weight is 249 g/mol. The Labute approximate surface area is 105 Å². The van der Waals surface area contributed by atoms with Crippen LogP contribution in [0.5, 0.6) is 0 Å². The van der Waals surface area contributed by atoms with E-state index in [1.54, 1.807) is 18.2 Å². The van der Waals surface area contributed by atoms with E-state index in [9.17, 15) is 9.59 Å². The highest BCUT2D eigenvalue weighted by atomic mass is 16.4. The molecule has 1 aliphatic carbocycles. The fourth-order valence-corrected chi connectivity index (χ4v) is 1.71. The van der Waals surface area contributed by atoms with Gasteiger partial charge in [-0.05, 0) is 38.0 Å². The molecule has 1 saturated carbocycles.